The van der Waals surface area contributed by atoms with Crippen LogP contribution < -0.4 is 4.90 Å². The van der Waals surface area contributed by atoms with Gasteiger partial charge >= 0.3 is 6.09 Å². The molecule has 1 atom stereocenters. The second-order valence-corrected chi connectivity index (χ2v) is 8.93. The highest BCUT2D eigenvalue weighted by Gasteiger charge is 2.63. The maximum Gasteiger partial charge on any atom is 0.417 e. The molecule has 1 amide bonds. The SMILES string of the molecule is CC1(O)N(c2cccc3ccccc23)C(=O)OC12CCN(CCc1ccc(F)cc1)CC2.Cl. The lowest BCUT2D eigenvalue weighted by atomic mass is 9.81. The molecular weight excluding hydrogens is 443 g/mol. The summed E-state index contributed by atoms with van der Waals surface area (Å²) in [5.41, 5.74) is -0.660. The normalized spacial score (nSPS) is 22.4. The highest BCUT2D eigenvalue weighted by atomic mass is 35.5. The second kappa shape index (κ2) is 8.93. The Kier molecular flexibility index (Phi) is 6.36. The molecule has 0 saturated carbocycles. The number of amides is 1. The lowest BCUT2D eigenvalue weighted by molar-refractivity contribution is -0.124. The first-order valence-electron chi connectivity index (χ1n) is 11.1. The summed E-state index contributed by atoms with van der Waals surface area (Å²) in [6.07, 6.45) is 1.42. The van der Waals surface area contributed by atoms with Crippen molar-refractivity contribution in [3.05, 3.63) is 78.1 Å². The predicted molar refractivity (Wildman–Crippen MR) is 129 cm³/mol. The number of piperidine rings is 1. The van der Waals surface area contributed by atoms with Gasteiger partial charge in [0.1, 0.15) is 5.82 Å². The van der Waals surface area contributed by atoms with Crippen molar-refractivity contribution >= 4 is 35.0 Å². The highest BCUT2D eigenvalue weighted by molar-refractivity contribution is 6.03. The molecule has 2 aliphatic heterocycles. The van der Waals surface area contributed by atoms with E-state index in [1.54, 1.807) is 6.92 Å². The molecule has 1 unspecified atom stereocenters. The van der Waals surface area contributed by atoms with Gasteiger partial charge in [-0.3, -0.25) is 0 Å². The van der Waals surface area contributed by atoms with E-state index in [0.717, 1.165) is 29.3 Å². The van der Waals surface area contributed by atoms with E-state index in [1.807, 2.05) is 54.6 Å². The molecule has 174 valence electrons. The van der Waals surface area contributed by atoms with Crippen LogP contribution in [0.15, 0.2) is 66.7 Å². The Balaban J connectivity index is 0.00000259. The number of aliphatic hydroxyl groups is 1. The van der Waals surface area contributed by atoms with E-state index in [0.29, 0.717) is 31.6 Å². The third kappa shape index (κ3) is 4.07. The molecule has 0 aliphatic carbocycles. The van der Waals surface area contributed by atoms with Gasteiger partial charge in [0.05, 0.1) is 5.69 Å². The van der Waals surface area contributed by atoms with Crippen LogP contribution in [0.2, 0.25) is 0 Å². The number of carbonyl (C=O) groups is 1. The van der Waals surface area contributed by atoms with Crippen LogP contribution >= 0.6 is 12.4 Å². The van der Waals surface area contributed by atoms with Gasteiger partial charge in [-0.25, -0.2) is 14.1 Å². The number of likely N-dealkylation sites (tertiary alicyclic amines) is 1. The molecule has 0 aromatic heterocycles. The van der Waals surface area contributed by atoms with Gasteiger partial charge in [-0.1, -0.05) is 48.5 Å². The van der Waals surface area contributed by atoms with E-state index in [2.05, 4.69) is 4.90 Å². The number of ether oxygens (including phenoxy) is 1. The molecule has 0 radical (unpaired) electrons. The Labute approximate surface area is 199 Å². The van der Waals surface area contributed by atoms with Crippen molar-refractivity contribution in [2.75, 3.05) is 24.5 Å². The number of hydrogen-bond acceptors (Lipinski definition) is 4. The van der Waals surface area contributed by atoms with Gasteiger partial charge in [0.15, 0.2) is 11.3 Å². The molecule has 3 aromatic carbocycles. The number of anilines is 1. The summed E-state index contributed by atoms with van der Waals surface area (Å²) in [5.74, 6) is -0.227. The number of halogens is 2. The first-order valence-corrected chi connectivity index (χ1v) is 11.1. The van der Waals surface area contributed by atoms with Crippen molar-refractivity contribution in [1.29, 1.82) is 0 Å². The molecule has 5 nitrogen and oxygen atoms in total. The fraction of sp³-hybridized carbons (Fsp3) is 0.346. The van der Waals surface area contributed by atoms with Crippen LogP contribution in [-0.2, 0) is 11.2 Å². The minimum atomic E-state index is -1.46. The van der Waals surface area contributed by atoms with Crippen LogP contribution in [0, 0.1) is 5.82 Å². The predicted octanol–water partition coefficient (Wildman–Crippen LogP) is 5.14. The van der Waals surface area contributed by atoms with Gasteiger partial charge in [0.25, 0.3) is 0 Å². The van der Waals surface area contributed by atoms with E-state index < -0.39 is 17.4 Å². The van der Waals surface area contributed by atoms with Crippen molar-refractivity contribution in [3.8, 4) is 0 Å². The van der Waals surface area contributed by atoms with Gasteiger partial charge in [-0.15, -0.1) is 12.4 Å². The van der Waals surface area contributed by atoms with E-state index in [1.165, 1.54) is 17.0 Å². The highest BCUT2D eigenvalue weighted by Crippen LogP contribution is 2.47. The summed E-state index contributed by atoms with van der Waals surface area (Å²) in [7, 11) is 0. The molecule has 0 bridgehead atoms. The molecule has 3 aromatic rings. The van der Waals surface area contributed by atoms with E-state index in [-0.39, 0.29) is 18.2 Å². The van der Waals surface area contributed by atoms with Crippen LogP contribution in [0.4, 0.5) is 14.9 Å². The van der Waals surface area contributed by atoms with Crippen LogP contribution in [0.3, 0.4) is 0 Å². The maximum atomic E-state index is 13.1. The molecule has 1 spiro atoms. The topological polar surface area (TPSA) is 53.0 Å². The Morgan fingerprint density at radius 1 is 1.00 bits per heavy atom. The molecule has 2 fully saturated rings. The van der Waals surface area contributed by atoms with Crippen LogP contribution in [0.25, 0.3) is 10.8 Å². The summed E-state index contributed by atoms with van der Waals surface area (Å²) in [6.45, 7) is 3.96. The number of benzene rings is 3. The number of nitrogens with zero attached hydrogens (tertiary/aromatic N) is 2. The summed E-state index contributed by atoms with van der Waals surface area (Å²) in [4.78, 5) is 16.8. The van der Waals surface area contributed by atoms with Gasteiger partial charge in [-0.2, -0.15) is 0 Å². The van der Waals surface area contributed by atoms with Crippen molar-refractivity contribution in [2.24, 2.45) is 0 Å². The zero-order chi connectivity index (χ0) is 22.3. The Hall–Kier alpha value is -2.67. The first-order chi connectivity index (χ1) is 15.4. The molecule has 2 saturated heterocycles. The lowest BCUT2D eigenvalue weighted by Crippen LogP contribution is -2.60. The lowest BCUT2D eigenvalue weighted by Gasteiger charge is -2.45. The Bertz CT molecular complexity index is 1140. The third-order valence-electron chi connectivity index (χ3n) is 7.07. The quantitative estimate of drug-likeness (QED) is 0.573. The molecule has 2 aliphatic rings. The van der Waals surface area contributed by atoms with Crippen LogP contribution in [0.5, 0.6) is 0 Å². The van der Waals surface area contributed by atoms with Crippen molar-refractivity contribution in [3.63, 3.8) is 0 Å². The average molecular weight is 471 g/mol. The first kappa shape index (κ1) is 23.5. The second-order valence-electron chi connectivity index (χ2n) is 8.93. The fourth-order valence-electron chi connectivity index (χ4n) is 5.08. The monoisotopic (exact) mass is 470 g/mol. The molecular formula is C26H28ClFN2O3. The third-order valence-corrected chi connectivity index (χ3v) is 7.07. The number of rotatable bonds is 4. The van der Waals surface area contributed by atoms with E-state index in [9.17, 15) is 14.3 Å². The summed E-state index contributed by atoms with van der Waals surface area (Å²) in [5, 5.41) is 13.6. The van der Waals surface area contributed by atoms with Crippen molar-refractivity contribution < 1.29 is 19.0 Å². The van der Waals surface area contributed by atoms with Gasteiger partial charge in [-0.05, 0) is 42.5 Å². The van der Waals surface area contributed by atoms with Crippen LogP contribution in [-0.4, -0.2) is 47.1 Å². The summed E-state index contributed by atoms with van der Waals surface area (Å²) >= 11 is 0. The average Bonchev–Trinajstić information content (AvgIpc) is 2.98. The Morgan fingerprint density at radius 2 is 1.67 bits per heavy atom. The Morgan fingerprint density at radius 3 is 2.39 bits per heavy atom. The number of fused-ring (bicyclic) bond motifs is 1. The van der Waals surface area contributed by atoms with Crippen molar-refractivity contribution in [1.82, 2.24) is 4.90 Å². The summed E-state index contributed by atoms with van der Waals surface area (Å²) < 4.78 is 19.0. The molecule has 1 N–H and O–H groups in total. The number of hydrogen-bond donors (Lipinski definition) is 1. The van der Waals surface area contributed by atoms with Gasteiger partial charge in [0.2, 0.25) is 0 Å². The van der Waals surface area contributed by atoms with E-state index >= 15 is 0 Å². The molecule has 7 heteroatoms. The van der Waals surface area contributed by atoms with Gasteiger partial charge in [0, 0.05) is 37.9 Å². The molecule has 5 rings (SSSR count). The minimum Gasteiger partial charge on any atom is -0.437 e. The summed E-state index contributed by atoms with van der Waals surface area (Å²) in [6, 6.07) is 20.2. The van der Waals surface area contributed by atoms with Gasteiger partial charge < -0.3 is 14.7 Å². The fourth-order valence-corrected chi connectivity index (χ4v) is 5.08. The molecule has 2 heterocycles. The van der Waals surface area contributed by atoms with Crippen LogP contribution in [0.1, 0.15) is 25.3 Å². The van der Waals surface area contributed by atoms with E-state index in [4.69, 9.17) is 4.74 Å². The largest absolute Gasteiger partial charge is 0.437 e. The smallest absolute Gasteiger partial charge is 0.417 e. The number of carbonyl (C=O) groups excluding carboxylic acids is 1. The molecule has 33 heavy (non-hydrogen) atoms. The standard InChI is InChI=1S/C26H27FN2O3.ClH/c1-25(31)26(14-17-28(18-15-26)16-13-19-9-11-21(27)12-10-19)32-24(30)29(25)23-8-4-6-20-5-2-3-7-22(20)23;/h2-12,31H,13-18H2,1H3;1H. The maximum absolute atomic E-state index is 13.1. The zero-order valence-corrected chi connectivity index (χ0v) is 19.4. The van der Waals surface area contributed by atoms with Crippen molar-refractivity contribution in [2.45, 2.75) is 37.5 Å². The zero-order valence-electron chi connectivity index (χ0n) is 18.5. The minimum absolute atomic E-state index is 0.